The Morgan fingerprint density at radius 1 is 1.29 bits per heavy atom. The molecule has 0 aromatic carbocycles. The Morgan fingerprint density at radius 2 is 2.18 bits per heavy atom. The maximum Gasteiger partial charge on any atom is 0.0418 e. The first-order valence-electron chi connectivity index (χ1n) is 6.11. The highest BCUT2D eigenvalue weighted by Crippen LogP contribution is 2.27. The van der Waals surface area contributed by atoms with Crippen LogP contribution in [0.3, 0.4) is 0 Å². The van der Waals surface area contributed by atoms with E-state index in [1.54, 1.807) is 0 Å². The molecule has 92 valence electrons. The number of hydrogen-bond donors (Lipinski definition) is 1. The van der Waals surface area contributed by atoms with Gasteiger partial charge in [-0.25, -0.2) is 0 Å². The fourth-order valence-electron chi connectivity index (χ4n) is 1.97. The molecule has 2 rings (SSSR count). The molecule has 2 aromatic rings. The molecule has 0 amide bonds. The third-order valence-electron chi connectivity index (χ3n) is 2.81. The number of thiophene rings is 2. The molecule has 0 saturated carbocycles. The average Bonchev–Trinajstić information content (AvgIpc) is 2.95. The Morgan fingerprint density at radius 3 is 2.76 bits per heavy atom. The zero-order valence-electron chi connectivity index (χ0n) is 10.4. The van der Waals surface area contributed by atoms with Gasteiger partial charge < -0.3 is 5.32 Å². The highest BCUT2D eigenvalue weighted by molar-refractivity contribution is 7.12. The van der Waals surface area contributed by atoms with Gasteiger partial charge in [0.05, 0.1) is 0 Å². The van der Waals surface area contributed by atoms with Crippen molar-refractivity contribution in [2.24, 2.45) is 0 Å². The predicted molar refractivity (Wildman–Crippen MR) is 78.1 cm³/mol. The van der Waals surface area contributed by atoms with Crippen molar-refractivity contribution in [1.29, 1.82) is 0 Å². The molecule has 2 heterocycles. The Labute approximate surface area is 112 Å². The fourth-order valence-corrected chi connectivity index (χ4v) is 3.69. The van der Waals surface area contributed by atoms with Crippen LogP contribution in [0.15, 0.2) is 29.6 Å². The second kappa shape index (κ2) is 6.34. The summed E-state index contributed by atoms with van der Waals surface area (Å²) in [7, 11) is 0. The topological polar surface area (TPSA) is 12.0 Å². The molecule has 0 aliphatic carbocycles. The summed E-state index contributed by atoms with van der Waals surface area (Å²) < 4.78 is 0. The molecule has 3 heteroatoms. The van der Waals surface area contributed by atoms with Crippen molar-refractivity contribution in [2.45, 2.75) is 32.7 Å². The average molecular weight is 265 g/mol. The van der Waals surface area contributed by atoms with Crippen LogP contribution < -0.4 is 5.32 Å². The third-order valence-corrected chi connectivity index (χ3v) is 4.87. The Hall–Kier alpha value is -0.640. The fraction of sp³-hybridized carbons (Fsp3) is 0.429. The Balaban J connectivity index is 1.97. The highest BCUT2D eigenvalue weighted by atomic mass is 32.1. The molecule has 0 fully saturated rings. The highest BCUT2D eigenvalue weighted by Gasteiger charge is 2.12. The molecule has 2 aromatic heterocycles. The van der Waals surface area contributed by atoms with Gasteiger partial charge in [-0.1, -0.05) is 13.0 Å². The van der Waals surface area contributed by atoms with Gasteiger partial charge in [0.15, 0.2) is 0 Å². The van der Waals surface area contributed by atoms with E-state index in [1.165, 1.54) is 27.5 Å². The molecule has 0 bridgehead atoms. The first-order valence-corrected chi connectivity index (χ1v) is 7.81. The molecular formula is C14H19NS2. The lowest BCUT2D eigenvalue weighted by Gasteiger charge is -2.15. The van der Waals surface area contributed by atoms with Gasteiger partial charge in [-0.3, -0.25) is 0 Å². The molecule has 0 radical (unpaired) electrons. The second-order valence-electron chi connectivity index (χ2n) is 4.18. The van der Waals surface area contributed by atoms with E-state index in [0.29, 0.717) is 6.04 Å². The van der Waals surface area contributed by atoms with Crippen LogP contribution in [0.5, 0.6) is 0 Å². The van der Waals surface area contributed by atoms with Gasteiger partial charge in [-0.05, 0) is 49.9 Å². The number of rotatable bonds is 6. The van der Waals surface area contributed by atoms with Crippen LogP contribution in [-0.2, 0) is 6.42 Å². The SMILES string of the molecule is CCNC(CCc1cccs1)c1ccc(C)s1. The van der Waals surface area contributed by atoms with Crippen LogP contribution in [0, 0.1) is 6.92 Å². The van der Waals surface area contributed by atoms with Crippen LogP contribution in [0.2, 0.25) is 0 Å². The van der Waals surface area contributed by atoms with Crippen LogP contribution in [0.25, 0.3) is 0 Å². The van der Waals surface area contributed by atoms with Gasteiger partial charge in [0.1, 0.15) is 0 Å². The smallest absolute Gasteiger partial charge is 0.0418 e. The summed E-state index contributed by atoms with van der Waals surface area (Å²) in [5.74, 6) is 0. The zero-order chi connectivity index (χ0) is 12.1. The lowest BCUT2D eigenvalue weighted by molar-refractivity contribution is 0.524. The van der Waals surface area contributed by atoms with E-state index in [1.807, 2.05) is 22.7 Å². The standard InChI is InChI=1S/C14H19NS2/c1-3-15-13(14-9-6-11(2)17-14)8-7-12-5-4-10-16-12/h4-6,9-10,13,15H,3,7-8H2,1-2H3. The van der Waals surface area contributed by atoms with Crippen molar-refractivity contribution in [3.05, 3.63) is 44.3 Å². The van der Waals surface area contributed by atoms with E-state index in [4.69, 9.17) is 0 Å². The lowest BCUT2D eigenvalue weighted by Crippen LogP contribution is -2.20. The molecule has 0 spiro atoms. The molecule has 0 aliphatic rings. The molecule has 0 saturated heterocycles. The van der Waals surface area contributed by atoms with Crippen LogP contribution in [0.1, 0.15) is 34.0 Å². The summed E-state index contributed by atoms with van der Waals surface area (Å²) in [6.45, 7) is 5.39. The minimum atomic E-state index is 0.515. The van der Waals surface area contributed by atoms with Gasteiger partial charge in [0.2, 0.25) is 0 Å². The van der Waals surface area contributed by atoms with Crippen molar-refractivity contribution in [1.82, 2.24) is 5.32 Å². The molecular weight excluding hydrogens is 246 g/mol. The largest absolute Gasteiger partial charge is 0.310 e. The minimum Gasteiger partial charge on any atom is -0.310 e. The summed E-state index contributed by atoms with van der Waals surface area (Å²) >= 11 is 3.77. The number of aryl methyl sites for hydroxylation is 2. The van der Waals surface area contributed by atoms with Crippen molar-refractivity contribution in [3.63, 3.8) is 0 Å². The van der Waals surface area contributed by atoms with Crippen LogP contribution in [0.4, 0.5) is 0 Å². The van der Waals surface area contributed by atoms with Gasteiger partial charge in [0, 0.05) is 20.7 Å². The molecule has 17 heavy (non-hydrogen) atoms. The van der Waals surface area contributed by atoms with Gasteiger partial charge in [0.25, 0.3) is 0 Å². The second-order valence-corrected chi connectivity index (χ2v) is 6.53. The number of nitrogens with one attached hydrogen (secondary N) is 1. The third kappa shape index (κ3) is 3.66. The zero-order valence-corrected chi connectivity index (χ0v) is 12.0. The van der Waals surface area contributed by atoms with Crippen molar-refractivity contribution < 1.29 is 0 Å². The lowest BCUT2D eigenvalue weighted by atomic mass is 10.1. The summed E-state index contributed by atoms with van der Waals surface area (Å²) in [5, 5.41) is 5.75. The first-order chi connectivity index (χ1) is 8.29. The maximum absolute atomic E-state index is 3.59. The van der Waals surface area contributed by atoms with E-state index in [9.17, 15) is 0 Å². The van der Waals surface area contributed by atoms with E-state index >= 15 is 0 Å². The van der Waals surface area contributed by atoms with Crippen LogP contribution in [-0.4, -0.2) is 6.54 Å². The van der Waals surface area contributed by atoms with Crippen molar-refractivity contribution >= 4 is 22.7 Å². The quantitative estimate of drug-likeness (QED) is 0.816. The number of hydrogen-bond acceptors (Lipinski definition) is 3. The molecule has 1 N–H and O–H groups in total. The van der Waals surface area contributed by atoms with Gasteiger partial charge in [-0.15, -0.1) is 22.7 Å². The van der Waals surface area contributed by atoms with E-state index in [0.717, 1.165) is 6.54 Å². The summed E-state index contributed by atoms with van der Waals surface area (Å²) in [5.41, 5.74) is 0. The van der Waals surface area contributed by atoms with Gasteiger partial charge >= 0.3 is 0 Å². The molecule has 0 aliphatic heterocycles. The summed E-state index contributed by atoms with van der Waals surface area (Å²) in [6, 6.07) is 9.36. The normalized spacial score (nSPS) is 12.8. The van der Waals surface area contributed by atoms with Gasteiger partial charge in [-0.2, -0.15) is 0 Å². The van der Waals surface area contributed by atoms with Crippen molar-refractivity contribution in [3.8, 4) is 0 Å². The Bertz CT molecular complexity index is 431. The van der Waals surface area contributed by atoms with Crippen molar-refractivity contribution in [2.75, 3.05) is 6.54 Å². The molecule has 1 unspecified atom stereocenters. The summed E-state index contributed by atoms with van der Waals surface area (Å²) in [6.07, 6.45) is 2.36. The minimum absolute atomic E-state index is 0.515. The molecule has 1 nitrogen and oxygen atoms in total. The first kappa shape index (κ1) is 12.8. The monoisotopic (exact) mass is 265 g/mol. The van der Waals surface area contributed by atoms with E-state index in [2.05, 4.69) is 48.8 Å². The Kier molecular flexibility index (Phi) is 4.77. The predicted octanol–water partition coefficient (Wildman–Crippen LogP) is 4.40. The van der Waals surface area contributed by atoms with E-state index < -0.39 is 0 Å². The summed E-state index contributed by atoms with van der Waals surface area (Å²) in [4.78, 5) is 4.36. The van der Waals surface area contributed by atoms with Crippen LogP contribution >= 0.6 is 22.7 Å². The maximum atomic E-state index is 3.59. The molecule has 1 atom stereocenters. The van der Waals surface area contributed by atoms with E-state index in [-0.39, 0.29) is 0 Å².